The number of benzene rings is 1. The number of carbonyl (C=O) groups excluding carboxylic acids is 1. The van der Waals surface area contributed by atoms with Gasteiger partial charge in [-0.3, -0.25) is 9.69 Å². The summed E-state index contributed by atoms with van der Waals surface area (Å²) in [5, 5.41) is 8.97. The molecule has 116 valence electrons. The third kappa shape index (κ3) is 3.43. The summed E-state index contributed by atoms with van der Waals surface area (Å²) in [5.41, 5.74) is 6.37. The predicted octanol–water partition coefficient (Wildman–Crippen LogP) is 0.387. The summed E-state index contributed by atoms with van der Waals surface area (Å²) in [5.74, 6) is -0.000140. The lowest BCUT2D eigenvalue weighted by atomic mass is 9.86. The summed E-state index contributed by atoms with van der Waals surface area (Å²) in [6, 6.07) is 9.60. The van der Waals surface area contributed by atoms with Crippen LogP contribution in [0.25, 0.3) is 0 Å². The van der Waals surface area contributed by atoms with Crippen molar-refractivity contribution in [3.8, 4) is 0 Å². The molecule has 5 heteroatoms. The Morgan fingerprint density at radius 3 is 2.38 bits per heavy atom. The average molecular weight is 291 g/mol. The van der Waals surface area contributed by atoms with E-state index in [1.807, 2.05) is 42.2 Å². The molecule has 1 atom stereocenters. The number of aliphatic hydroxyl groups excluding tert-OH is 1. The van der Waals surface area contributed by atoms with Crippen molar-refractivity contribution in [1.29, 1.82) is 0 Å². The van der Waals surface area contributed by atoms with Gasteiger partial charge in [-0.1, -0.05) is 37.3 Å². The minimum Gasteiger partial charge on any atom is -0.395 e. The number of aliphatic hydroxyl groups is 1. The maximum atomic E-state index is 12.8. The van der Waals surface area contributed by atoms with E-state index in [0.717, 1.165) is 18.7 Å². The Morgan fingerprint density at radius 1 is 1.24 bits per heavy atom. The maximum Gasteiger partial charge on any atom is 0.247 e. The van der Waals surface area contributed by atoms with Crippen LogP contribution in [0, 0.1) is 0 Å². The van der Waals surface area contributed by atoms with Crippen molar-refractivity contribution >= 4 is 5.91 Å². The lowest BCUT2D eigenvalue weighted by Gasteiger charge is -2.39. The van der Waals surface area contributed by atoms with E-state index in [1.165, 1.54) is 0 Å². The van der Waals surface area contributed by atoms with Gasteiger partial charge in [-0.15, -0.1) is 0 Å². The van der Waals surface area contributed by atoms with Crippen molar-refractivity contribution in [3.63, 3.8) is 0 Å². The van der Waals surface area contributed by atoms with Crippen molar-refractivity contribution in [1.82, 2.24) is 9.80 Å². The molecule has 1 fully saturated rings. The highest BCUT2D eigenvalue weighted by atomic mass is 16.3. The van der Waals surface area contributed by atoms with Gasteiger partial charge in [0.25, 0.3) is 0 Å². The van der Waals surface area contributed by atoms with E-state index in [9.17, 15) is 4.79 Å². The molecule has 0 saturated carbocycles. The van der Waals surface area contributed by atoms with Crippen LogP contribution in [0.3, 0.4) is 0 Å². The fourth-order valence-electron chi connectivity index (χ4n) is 2.81. The largest absolute Gasteiger partial charge is 0.395 e. The van der Waals surface area contributed by atoms with Gasteiger partial charge in [0.1, 0.15) is 5.54 Å². The minimum atomic E-state index is -0.944. The highest BCUT2D eigenvalue weighted by Crippen LogP contribution is 2.25. The highest BCUT2D eigenvalue weighted by molar-refractivity contribution is 5.87. The summed E-state index contributed by atoms with van der Waals surface area (Å²) >= 11 is 0. The summed E-state index contributed by atoms with van der Waals surface area (Å²) in [7, 11) is 0. The van der Waals surface area contributed by atoms with E-state index in [2.05, 4.69) is 4.90 Å². The first-order chi connectivity index (χ1) is 10.1. The van der Waals surface area contributed by atoms with Gasteiger partial charge in [0, 0.05) is 32.7 Å². The number of hydrogen-bond acceptors (Lipinski definition) is 4. The standard InChI is InChI=1S/C16H25N3O2/c1-2-16(17,14-6-4-3-5-7-14)15(21)19-10-8-18(9-11-19)12-13-20/h3-7,20H,2,8-13,17H2,1H3. The fraction of sp³-hybridized carbons (Fsp3) is 0.562. The number of nitrogens with two attached hydrogens (primary N) is 1. The highest BCUT2D eigenvalue weighted by Gasteiger charge is 2.38. The molecule has 1 heterocycles. The lowest BCUT2D eigenvalue weighted by Crippen LogP contribution is -2.57. The first kappa shape index (κ1) is 15.9. The molecule has 0 radical (unpaired) electrons. The molecule has 2 rings (SSSR count). The third-order valence-electron chi connectivity index (χ3n) is 4.30. The van der Waals surface area contributed by atoms with Gasteiger partial charge in [0.05, 0.1) is 6.61 Å². The summed E-state index contributed by atoms with van der Waals surface area (Å²) in [6.07, 6.45) is 0.576. The van der Waals surface area contributed by atoms with Crippen LogP contribution in [-0.4, -0.2) is 60.1 Å². The van der Waals surface area contributed by atoms with Gasteiger partial charge in [-0.05, 0) is 12.0 Å². The van der Waals surface area contributed by atoms with Crippen molar-refractivity contribution in [2.45, 2.75) is 18.9 Å². The number of nitrogens with zero attached hydrogens (tertiary/aromatic N) is 2. The van der Waals surface area contributed by atoms with Crippen LogP contribution in [0.5, 0.6) is 0 Å². The van der Waals surface area contributed by atoms with Crippen molar-refractivity contribution in [3.05, 3.63) is 35.9 Å². The SMILES string of the molecule is CCC(N)(C(=O)N1CCN(CCO)CC1)c1ccccc1. The molecule has 1 aromatic rings. The number of carbonyl (C=O) groups is 1. The molecule has 1 amide bonds. The number of β-amino-alcohol motifs (C(OH)–C–C–N with tert-alkyl or cyclic N) is 1. The Balaban J connectivity index is 2.08. The normalized spacial score (nSPS) is 19.3. The molecule has 5 nitrogen and oxygen atoms in total. The van der Waals surface area contributed by atoms with Gasteiger partial charge in [0.2, 0.25) is 5.91 Å². The molecule has 0 spiro atoms. The number of hydrogen-bond donors (Lipinski definition) is 2. The van der Waals surface area contributed by atoms with Gasteiger partial charge in [-0.25, -0.2) is 0 Å². The molecule has 0 aliphatic carbocycles. The molecule has 1 aromatic carbocycles. The molecule has 1 aliphatic rings. The van der Waals surface area contributed by atoms with Crippen LogP contribution in [0.15, 0.2) is 30.3 Å². The quantitative estimate of drug-likeness (QED) is 0.823. The molecule has 1 aliphatic heterocycles. The molecule has 1 unspecified atom stereocenters. The van der Waals surface area contributed by atoms with Gasteiger partial charge in [0.15, 0.2) is 0 Å². The van der Waals surface area contributed by atoms with E-state index in [1.54, 1.807) is 0 Å². The zero-order chi connectivity index (χ0) is 15.3. The van der Waals surface area contributed by atoms with E-state index >= 15 is 0 Å². The minimum absolute atomic E-state index is 0.000140. The van der Waals surface area contributed by atoms with Crippen LogP contribution in [0.2, 0.25) is 0 Å². The Labute approximate surface area is 126 Å². The molecular weight excluding hydrogens is 266 g/mol. The summed E-state index contributed by atoms with van der Waals surface area (Å²) in [4.78, 5) is 16.9. The van der Waals surface area contributed by atoms with Crippen molar-refractivity contribution in [2.24, 2.45) is 5.73 Å². The lowest BCUT2D eigenvalue weighted by molar-refractivity contribution is -0.139. The van der Waals surface area contributed by atoms with Gasteiger partial charge in [-0.2, -0.15) is 0 Å². The van der Waals surface area contributed by atoms with E-state index < -0.39 is 5.54 Å². The zero-order valence-electron chi connectivity index (χ0n) is 12.7. The predicted molar refractivity (Wildman–Crippen MR) is 82.7 cm³/mol. The molecule has 21 heavy (non-hydrogen) atoms. The fourth-order valence-corrected chi connectivity index (χ4v) is 2.81. The molecule has 3 N–H and O–H groups in total. The molecule has 0 bridgehead atoms. The van der Waals surface area contributed by atoms with Crippen LogP contribution in [-0.2, 0) is 10.3 Å². The van der Waals surface area contributed by atoms with E-state index in [4.69, 9.17) is 10.8 Å². The smallest absolute Gasteiger partial charge is 0.247 e. The Morgan fingerprint density at radius 2 is 1.86 bits per heavy atom. The average Bonchev–Trinajstić information content (AvgIpc) is 2.55. The van der Waals surface area contributed by atoms with Crippen LogP contribution >= 0.6 is 0 Å². The van der Waals surface area contributed by atoms with Crippen LogP contribution in [0.4, 0.5) is 0 Å². The van der Waals surface area contributed by atoms with Gasteiger partial charge >= 0.3 is 0 Å². The third-order valence-corrected chi connectivity index (χ3v) is 4.30. The Hall–Kier alpha value is -1.43. The number of piperazine rings is 1. The zero-order valence-corrected chi connectivity index (χ0v) is 12.7. The van der Waals surface area contributed by atoms with Crippen molar-refractivity contribution in [2.75, 3.05) is 39.3 Å². The Bertz CT molecular complexity index is 458. The molecular formula is C16H25N3O2. The molecule has 1 saturated heterocycles. The number of amides is 1. The second-order valence-corrected chi connectivity index (χ2v) is 5.55. The summed E-state index contributed by atoms with van der Waals surface area (Å²) in [6.45, 7) is 5.71. The van der Waals surface area contributed by atoms with Crippen molar-refractivity contribution < 1.29 is 9.90 Å². The second-order valence-electron chi connectivity index (χ2n) is 5.55. The van der Waals surface area contributed by atoms with Crippen LogP contribution < -0.4 is 5.73 Å². The monoisotopic (exact) mass is 291 g/mol. The Kier molecular flexibility index (Phi) is 5.33. The number of rotatable bonds is 5. The van der Waals surface area contributed by atoms with Crippen LogP contribution in [0.1, 0.15) is 18.9 Å². The molecule has 0 aromatic heterocycles. The second kappa shape index (κ2) is 7.02. The van der Waals surface area contributed by atoms with E-state index in [-0.39, 0.29) is 12.5 Å². The van der Waals surface area contributed by atoms with E-state index in [0.29, 0.717) is 26.1 Å². The van der Waals surface area contributed by atoms with Gasteiger partial charge < -0.3 is 15.7 Å². The summed E-state index contributed by atoms with van der Waals surface area (Å²) < 4.78 is 0. The first-order valence-electron chi connectivity index (χ1n) is 7.59. The first-order valence-corrected chi connectivity index (χ1v) is 7.59. The maximum absolute atomic E-state index is 12.8. The topological polar surface area (TPSA) is 69.8 Å².